The summed E-state index contributed by atoms with van der Waals surface area (Å²) in [4.78, 5) is 0. The van der Waals surface area contributed by atoms with Gasteiger partial charge in [0.15, 0.2) is 0 Å². The molecule has 0 fully saturated rings. The van der Waals surface area contributed by atoms with Gasteiger partial charge in [0.25, 0.3) is 0 Å². The molecule has 1 heteroatoms. The maximum absolute atomic E-state index is 3.25. The van der Waals surface area contributed by atoms with Gasteiger partial charge in [0.05, 0.1) is 0 Å². The van der Waals surface area contributed by atoms with Crippen LogP contribution in [0, 0.1) is 6.92 Å². The summed E-state index contributed by atoms with van der Waals surface area (Å²) in [6.07, 6.45) is 1.50. The third-order valence-electron chi connectivity index (χ3n) is 0. The molecule has 0 nitrogen and oxygen atoms in total. The first-order valence-corrected chi connectivity index (χ1v) is 0.816. The zero-order valence-electron chi connectivity index (χ0n) is 2.99. The molecular weight excluding hydrogens is 75.1 g/mol. The molecule has 0 saturated carbocycles. The van der Waals surface area contributed by atoms with Crippen LogP contribution < -0.4 is 51.4 Å². The molecule has 0 aromatic heterocycles. The second kappa shape index (κ2) is 8.87. The second-order valence-electron chi connectivity index (χ2n) is 0.289. The van der Waals surface area contributed by atoms with Crippen molar-refractivity contribution in [3.8, 4) is 0 Å². The Balaban J connectivity index is 0. The first-order chi connectivity index (χ1) is 1.41. The second-order valence-corrected chi connectivity index (χ2v) is 0.289. The Bertz CT molecular complexity index is 10.8. The van der Waals surface area contributed by atoms with Gasteiger partial charge in [0.2, 0.25) is 0 Å². The molecule has 0 atom stereocenters. The molecule has 0 aliphatic carbocycles. The van der Waals surface area contributed by atoms with Gasteiger partial charge in [-0.15, -0.1) is 0 Å². The fourth-order valence-corrected chi connectivity index (χ4v) is 0. The quantitative estimate of drug-likeness (QED) is 0.233. The van der Waals surface area contributed by atoms with Gasteiger partial charge >= 0.3 is 51.4 Å². The molecule has 0 aromatic carbocycles. The molecule has 0 bridgehead atoms. The van der Waals surface area contributed by atoms with E-state index >= 15 is 0 Å². The van der Waals surface area contributed by atoms with Crippen molar-refractivity contribution in [2.75, 3.05) is 0 Å². The first-order valence-electron chi connectivity index (χ1n) is 0.816. The summed E-state index contributed by atoms with van der Waals surface area (Å²) in [5.74, 6) is 0. The van der Waals surface area contributed by atoms with Crippen LogP contribution in [0.2, 0.25) is 0 Å². The normalized spacial score (nSPS) is 3.00. The van der Waals surface area contributed by atoms with Crippen LogP contribution in [0.3, 0.4) is 0 Å². The van der Waals surface area contributed by atoms with Crippen molar-refractivity contribution in [1.29, 1.82) is 0 Å². The molecular formula is C3H5K. The Labute approximate surface area is 69.7 Å². The van der Waals surface area contributed by atoms with Gasteiger partial charge in [-0.1, -0.05) is 0 Å². The largest absolute Gasteiger partial charge is 1.00 e. The summed E-state index contributed by atoms with van der Waals surface area (Å²) >= 11 is 0. The van der Waals surface area contributed by atoms with Crippen LogP contribution in [0.15, 0.2) is 12.7 Å². The van der Waals surface area contributed by atoms with Crippen molar-refractivity contribution in [2.45, 2.75) is 0 Å². The minimum absolute atomic E-state index is 0. The van der Waals surface area contributed by atoms with E-state index in [-0.39, 0.29) is 51.4 Å². The van der Waals surface area contributed by atoms with Gasteiger partial charge < -0.3 is 0 Å². The smallest absolute Gasteiger partial charge is 0.245 e. The number of hydrogen-bond donors (Lipinski definition) is 0. The molecule has 4 heavy (non-hydrogen) atoms. The Morgan fingerprint density at radius 2 is 1.75 bits per heavy atom. The van der Waals surface area contributed by atoms with E-state index in [1.165, 1.54) is 6.08 Å². The standard InChI is InChI=1S/C3H5.K/c1-3-2;/h3H,1-2H2;/q-1;+1. The van der Waals surface area contributed by atoms with Crippen molar-refractivity contribution >= 4 is 0 Å². The Morgan fingerprint density at radius 3 is 1.75 bits per heavy atom. The van der Waals surface area contributed by atoms with Crippen molar-refractivity contribution in [3.05, 3.63) is 19.6 Å². The van der Waals surface area contributed by atoms with Crippen LogP contribution in [0.5, 0.6) is 0 Å². The molecule has 0 aromatic rings. The first kappa shape index (κ1) is 8.98. The third-order valence-corrected chi connectivity index (χ3v) is 0. The van der Waals surface area contributed by atoms with Crippen LogP contribution >= 0.6 is 0 Å². The number of rotatable bonds is 0. The molecule has 0 rings (SSSR count). The van der Waals surface area contributed by atoms with Crippen molar-refractivity contribution in [2.24, 2.45) is 0 Å². The van der Waals surface area contributed by atoms with Gasteiger partial charge in [0, 0.05) is 0 Å². The zero-order chi connectivity index (χ0) is 2.71. The fourth-order valence-electron chi connectivity index (χ4n) is 0. The number of hydrogen-bond acceptors (Lipinski definition) is 0. The maximum atomic E-state index is 3.25. The van der Waals surface area contributed by atoms with E-state index < -0.39 is 0 Å². The van der Waals surface area contributed by atoms with Crippen LogP contribution in [-0.2, 0) is 0 Å². The molecule has 0 spiro atoms. The summed E-state index contributed by atoms with van der Waals surface area (Å²) in [5, 5.41) is 0. The predicted octanol–water partition coefficient (Wildman–Crippen LogP) is -1.99. The van der Waals surface area contributed by atoms with E-state index in [2.05, 4.69) is 13.5 Å². The third kappa shape index (κ3) is 10.5. The van der Waals surface area contributed by atoms with Crippen molar-refractivity contribution in [3.63, 3.8) is 0 Å². The summed E-state index contributed by atoms with van der Waals surface area (Å²) in [6, 6.07) is 0. The van der Waals surface area contributed by atoms with E-state index in [1.807, 2.05) is 0 Å². The molecule has 0 unspecified atom stereocenters. The average Bonchev–Trinajstić information content (AvgIpc) is 0.918. The van der Waals surface area contributed by atoms with E-state index in [0.29, 0.717) is 0 Å². The van der Waals surface area contributed by atoms with E-state index in [9.17, 15) is 0 Å². The van der Waals surface area contributed by atoms with Crippen LogP contribution in [-0.4, -0.2) is 0 Å². The van der Waals surface area contributed by atoms with Gasteiger partial charge in [-0.3, -0.25) is 0 Å². The Hall–Kier alpha value is 1.25. The fraction of sp³-hybridized carbons (Fsp3) is 0. The summed E-state index contributed by atoms with van der Waals surface area (Å²) in [7, 11) is 0. The van der Waals surface area contributed by atoms with Gasteiger partial charge in [-0.2, -0.15) is 0 Å². The van der Waals surface area contributed by atoms with Crippen molar-refractivity contribution < 1.29 is 51.4 Å². The van der Waals surface area contributed by atoms with Gasteiger partial charge in [0.1, 0.15) is 0 Å². The topological polar surface area (TPSA) is 0 Å². The summed E-state index contributed by atoms with van der Waals surface area (Å²) in [6.45, 7) is 6.50. The predicted molar refractivity (Wildman–Crippen MR) is 15.6 cm³/mol. The van der Waals surface area contributed by atoms with Gasteiger partial charge in [-0.05, 0) is 0 Å². The van der Waals surface area contributed by atoms with Crippen LogP contribution in [0.25, 0.3) is 0 Å². The SMILES string of the molecule is C=C[CH2-].[K+]. The van der Waals surface area contributed by atoms with Crippen LogP contribution in [0.4, 0.5) is 0 Å². The molecule has 0 heterocycles. The minimum Gasteiger partial charge on any atom is -0.245 e. The van der Waals surface area contributed by atoms with Crippen molar-refractivity contribution in [1.82, 2.24) is 0 Å². The Morgan fingerprint density at radius 1 is 1.75 bits per heavy atom. The van der Waals surface area contributed by atoms with Crippen LogP contribution in [0.1, 0.15) is 0 Å². The molecule has 0 amide bonds. The van der Waals surface area contributed by atoms with E-state index in [1.54, 1.807) is 0 Å². The number of allylic oxidation sites excluding steroid dienone is 1. The molecule has 0 aliphatic rings. The summed E-state index contributed by atoms with van der Waals surface area (Å²) < 4.78 is 0. The zero-order valence-corrected chi connectivity index (χ0v) is 6.11. The molecule has 0 radical (unpaired) electrons. The summed E-state index contributed by atoms with van der Waals surface area (Å²) in [5.41, 5.74) is 0. The minimum atomic E-state index is 0. The Kier molecular flexibility index (Phi) is 19.9. The van der Waals surface area contributed by atoms with E-state index in [4.69, 9.17) is 0 Å². The molecule has 0 saturated heterocycles. The molecule has 18 valence electrons. The monoisotopic (exact) mass is 80.0 g/mol. The van der Waals surface area contributed by atoms with Gasteiger partial charge in [-0.25, -0.2) is 19.6 Å². The maximum Gasteiger partial charge on any atom is 1.00 e. The molecule has 0 N–H and O–H groups in total. The molecule has 0 aliphatic heterocycles. The average molecular weight is 80.2 g/mol. The van der Waals surface area contributed by atoms with E-state index in [0.717, 1.165) is 0 Å².